The van der Waals surface area contributed by atoms with Crippen molar-refractivity contribution in [3.05, 3.63) is 48.5 Å². The average molecular weight is 476 g/mol. The molecule has 0 heterocycles. The van der Waals surface area contributed by atoms with Gasteiger partial charge in [0.2, 0.25) is 10.0 Å². The smallest absolute Gasteiger partial charge is 0.387 e. The number of nitrogens with zero attached hydrogens (tertiary/aromatic N) is 1. The number of benzene rings is 2. The van der Waals surface area contributed by atoms with Crippen molar-refractivity contribution in [2.45, 2.75) is 11.5 Å². The minimum atomic E-state index is -3.57. The molecule has 0 aliphatic heterocycles. The Morgan fingerprint density at radius 3 is 2.07 bits per heavy atom. The highest BCUT2D eigenvalue weighted by molar-refractivity contribution is 7.89. The first-order valence-corrected chi connectivity index (χ1v) is 10.5. The molecule has 0 aromatic heterocycles. The SMILES string of the molecule is CN(C)S(=O)(=O)c1cccc(NC(=S)NNC(=S)Nc2ccc(OC(F)F)cc2)c1. The zero-order valence-corrected chi connectivity index (χ0v) is 18.3. The van der Waals surface area contributed by atoms with Crippen LogP contribution in [0.25, 0.3) is 0 Å². The zero-order chi connectivity index (χ0) is 22.3. The van der Waals surface area contributed by atoms with Gasteiger partial charge in [0.15, 0.2) is 10.2 Å². The molecule has 2 aromatic carbocycles. The van der Waals surface area contributed by atoms with Gasteiger partial charge in [0.05, 0.1) is 4.90 Å². The van der Waals surface area contributed by atoms with Gasteiger partial charge in [0.25, 0.3) is 0 Å². The van der Waals surface area contributed by atoms with Crippen LogP contribution in [0.3, 0.4) is 0 Å². The Hall–Kier alpha value is -2.61. The van der Waals surface area contributed by atoms with E-state index in [0.717, 1.165) is 4.31 Å². The number of hydrogen-bond donors (Lipinski definition) is 4. The largest absolute Gasteiger partial charge is 0.435 e. The molecule has 2 aromatic rings. The lowest BCUT2D eigenvalue weighted by molar-refractivity contribution is -0.0498. The first-order valence-electron chi connectivity index (χ1n) is 8.29. The van der Waals surface area contributed by atoms with Crippen LogP contribution in [0.15, 0.2) is 53.4 Å². The number of halogens is 2. The van der Waals surface area contributed by atoms with E-state index in [1.807, 2.05) is 0 Å². The maximum absolute atomic E-state index is 12.2. The number of sulfonamides is 1. The summed E-state index contributed by atoms with van der Waals surface area (Å²) in [6, 6.07) is 11.9. The number of thiocarbonyl (C=S) groups is 2. The highest BCUT2D eigenvalue weighted by atomic mass is 32.2. The van der Waals surface area contributed by atoms with Crippen molar-refractivity contribution >= 4 is 56.1 Å². The molecule has 0 fully saturated rings. The summed E-state index contributed by atoms with van der Waals surface area (Å²) in [7, 11) is -0.686. The maximum Gasteiger partial charge on any atom is 0.387 e. The summed E-state index contributed by atoms with van der Waals surface area (Å²) >= 11 is 10.3. The van der Waals surface area contributed by atoms with E-state index in [1.54, 1.807) is 12.1 Å². The van der Waals surface area contributed by atoms with E-state index >= 15 is 0 Å². The predicted molar refractivity (Wildman–Crippen MR) is 119 cm³/mol. The molecule has 4 N–H and O–H groups in total. The first kappa shape index (κ1) is 23.7. The third kappa shape index (κ3) is 7.02. The minimum absolute atomic E-state index is 0.0245. The first-order chi connectivity index (χ1) is 14.1. The van der Waals surface area contributed by atoms with Crippen molar-refractivity contribution in [2.24, 2.45) is 0 Å². The third-order valence-electron chi connectivity index (χ3n) is 3.50. The summed E-state index contributed by atoms with van der Waals surface area (Å²) in [5.41, 5.74) is 6.30. The van der Waals surface area contributed by atoms with E-state index in [1.165, 1.54) is 50.5 Å². The van der Waals surface area contributed by atoms with E-state index < -0.39 is 16.6 Å². The molecule has 0 spiro atoms. The van der Waals surface area contributed by atoms with Crippen molar-refractivity contribution < 1.29 is 21.9 Å². The monoisotopic (exact) mass is 475 g/mol. The molecule has 13 heteroatoms. The van der Waals surface area contributed by atoms with Gasteiger partial charge in [0, 0.05) is 25.5 Å². The van der Waals surface area contributed by atoms with Crippen LogP contribution in [-0.2, 0) is 10.0 Å². The van der Waals surface area contributed by atoms with Gasteiger partial charge in [-0.15, -0.1) is 0 Å². The fourth-order valence-electron chi connectivity index (χ4n) is 2.10. The molecule has 0 aliphatic rings. The molecule has 8 nitrogen and oxygen atoms in total. The number of nitrogens with one attached hydrogen (secondary N) is 4. The van der Waals surface area contributed by atoms with Gasteiger partial charge >= 0.3 is 6.61 Å². The molecule has 0 amide bonds. The molecule has 0 aliphatic carbocycles. The van der Waals surface area contributed by atoms with E-state index in [-0.39, 0.29) is 20.9 Å². The summed E-state index contributed by atoms with van der Waals surface area (Å²) in [5, 5.41) is 5.96. The van der Waals surface area contributed by atoms with Crippen LogP contribution in [0.1, 0.15) is 0 Å². The zero-order valence-electron chi connectivity index (χ0n) is 15.8. The topological polar surface area (TPSA) is 94.7 Å². The third-order valence-corrected chi connectivity index (χ3v) is 5.72. The lowest BCUT2D eigenvalue weighted by atomic mass is 10.3. The maximum atomic E-state index is 12.2. The molecule has 30 heavy (non-hydrogen) atoms. The van der Waals surface area contributed by atoms with Gasteiger partial charge in [-0.2, -0.15) is 8.78 Å². The number of hydrazine groups is 1. The van der Waals surface area contributed by atoms with Gasteiger partial charge in [-0.1, -0.05) is 6.07 Å². The van der Waals surface area contributed by atoms with Crippen LogP contribution in [0, 0.1) is 0 Å². The van der Waals surface area contributed by atoms with Crippen LogP contribution in [0.4, 0.5) is 20.2 Å². The number of ether oxygens (including phenoxy) is 1. The Bertz CT molecular complexity index is 1000. The summed E-state index contributed by atoms with van der Waals surface area (Å²) in [6.45, 7) is -2.90. The Labute approximate surface area is 183 Å². The molecule has 162 valence electrons. The van der Waals surface area contributed by atoms with E-state index in [0.29, 0.717) is 11.4 Å². The second kappa shape index (κ2) is 10.4. The standard InChI is InChI=1S/C17H19F2N5O3S3/c1-24(2)30(25,26)14-5-3-4-12(10-14)21-17(29)23-22-16(28)20-11-6-8-13(9-7-11)27-15(18)19/h3-10,15H,1-2H3,(H2,20,22,28)(H2,21,23,29). The van der Waals surface area contributed by atoms with Crippen LogP contribution in [0.2, 0.25) is 0 Å². The van der Waals surface area contributed by atoms with Crippen molar-refractivity contribution in [1.29, 1.82) is 0 Å². The average Bonchev–Trinajstić information content (AvgIpc) is 2.67. The summed E-state index contributed by atoms with van der Waals surface area (Å²) in [5.74, 6) is 0.0245. The van der Waals surface area contributed by atoms with Crippen molar-refractivity contribution in [3.63, 3.8) is 0 Å². The lowest BCUT2D eigenvalue weighted by Gasteiger charge is -2.16. The second-order valence-electron chi connectivity index (χ2n) is 5.88. The number of anilines is 2. The van der Waals surface area contributed by atoms with Gasteiger partial charge in [0.1, 0.15) is 5.75 Å². The van der Waals surface area contributed by atoms with E-state index in [9.17, 15) is 17.2 Å². The Kier molecular flexibility index (Phi) is 8.23. The van der Waals surface area contributed by atoms with Crippen LogP contribution >= 0.6 is 24.4 Å². The number of hydrogen-bond acceptors (Lipinski definition) is 5. The molecule has 0 atom stereocenters. The van der Waals surface area contributed by atoms with Gasteiger partial charge in [-0.05, 0) is 66.9 Å². The molecule has 0 saturated carbocycles. The number of rotatable bonds is 6. The summed E-state index contributed by atoms with van der Waals surface area (Å²) in [6.07, 6.45) is 0. The van der Waals surface area contributed by atoms with E-state index in [2.05, 4.69) is 26.2 Å². The Morgan fingerprint density at radius 2 is 1.53 bits per heavy atom. The lowest BCUT2D eigenvalue weighted by Crippen LogP contribution is -2.45. The fourth-order valence-corrected chi connectivity index (χ4v) is 3.39. The van der Waals surface area contributed by atoms with Crippen molar-refractivity contribution in [2.75, 3.05) is 24.7 Å². The van der Waals surface area contributed by atoms with Crippen LogP contribution < -0.4 is 26.2 Å². The molecular weight excluding hydrogens is 456 g/mol. The Morgan fingerprint density at radius 1 is 0.967 bits per heavy atom. The number of alkyl halides is 2. The van der Waals surface area contributed by atoms with E-state index in [4.69, 9.17) is 24.4 Å². The van der Waals surface area contributed by atoms with Gasteiger partial charge < -0.3 is 15.4 Å². The fraction of sp³-hybridized carbons (Fsp3) is 0.176. The predicted octanol–water partition coefficient (Wildman–Crippen LogP) is 2.73. The molecule has 0 bridgehead atoms. The highest BCUT2D eigenvalue weighted by Gasteiger charge is 2.17. The minimum Gasteiger partial charge on any atom is -0.435 e. The van der Waals surface area contributed by atoms with Crippen LogP contribution in [0.5, 0.6) is 5.75 Å². The normalized spacial score (nSPS) is 11.1. The molecule has 2 rings (SSSR count). The van der Waals surface area contributed by atoms with Gasteiger partial charge in [-0.3, -0.25) is 10.9 Å². The van der Waals surface area contributed by atoms with Gasteiger partial charge in [-0.25, -0.2) is 12.7 Å². The second-order valence-corrected chi connectivity index (χ2v) is 8.84. The summed E-state index contributed by atoms with van der Waals surface area (Å²) < 4.78 is 54.1. The quantitative estimate of drug-likeness (QED) is 0.372. The molecule has 0 radical (unpaired) electrons. The summed E-state index contributed by atoms with van der Waals surface area (Å²) in [4.78, 5) is 0.115. The Balaban J connectivity index is 1.87. The van der Waals surface area contributed by atoms with Crippen molar-refractivity contribution in [3.8, 4) is 5.75 Å². The molecule has 0 saturated heterocycles. The van der Waals surface area contributed by atoms with Crippen LogP contribution in [-0.4, -0.2) is 43.7 Å². The van der Waals surface area contributed by atoms with Crippen molar-refractivity contribution in [1.82, 2.24) is 15.2 Å². The molecule has 0 unspecified atom stereocenters. The highest BCUT2D eigenvalue weighted by Crippen LogP contribution is 2.18. The molecular formula is C17H19F2N5O3S3.